The summed E-state index contributed by atoms with van der Waals surface area (Å²) < 4.78 is 40.0. The summed E-state index contributed by atoms with van der Waals surface area (Å²) in [4.78, 5) is 15.4. The van der Waals surface area contributed by atoms with Crippen LogP contribution in [0.15, 0.2) is 18.2 Å². The van der Waals surface area contributed by atoms with Crippen LogP contribution in [-0.4, -0.2) is 48.4 Å². The molecule has 4 nitrogen and oxygen atoms in total. The van der Waals surface area contributed by atoms with Gasteiger partial charge >= 0.3 is 6.18 Å². The highest BCUT2D eigenvalue weighted by Gasteiger charge is 2.34. The lowest BCUT2D eigenvalue weighted by molar-refractivity contribution is -0.138. The standard InChI is InChI=1S/C17H24F3N3O/c1-3-6-22-7-9-23(10-8-22)12-14-4-5-15(21-13(2)24)11-16(14)17(18,19)20/h4-5,11H,3,6-10,12H2,1-2H3,(H,21,24). The molecule has 7 heteroatoms. The molecule has 1 fully saturated rings. The summed E-state index contributed by atoms with van der Waals surface area (Å²) in [6.07, 6.45) is -3.35. The Bertz CT molecular complexity index is 567. The van der Waals surface area contributed by atoms with Gasteiger partial charge in [0.15, 0.2) is 0 Å². The molecule has 1 amide bonds. The Kier molecular flexibility index (Phi) is 6.23. The van der Waals surface area contributed by atoms with Gasteiger partial charge in [-0.25, -0.2) is 0 Å². The van der Waals surface area contributed by atoms with Gasteiger partial charge in [-0.2, -0.15) is 13.2 Å². The number of benzene rings is 1. The molecule has 134 valence electrons. The number of alkyl halides is 3. The Balaban J connectivity index is 2.10. The van der Waals surface area contributed by atoms with Crippen molar-refractivity contribution in [1.82, 2.24) is 9.80 Å². The molecular weight excluding hydrogens is 319 g/mol. The third-order valence-electron chi connectivity index (χ3n) is 4.13. The minimum absolute atomic E-state index is 0.173. The Labute approximate surface area is 140 Å². The van der Waals surface area contributed by atoms with Gasteiger partial charge in [0, 0.05) is 45.3 Å². The second-order valence-corrected chi connectivity index (χ2v) is 6.17. The van der Waals surface area contributed by atoms with E-state index in [0.717, 1.165) is 45.2 Å². The van der Waals surface area contributed by atoms with Gasteiger partial charge in [0.2, 0.25) is 5.91 Å². The van der Waals surface area contributed by atoms with Gasteiger partial charge in [0.25, 0.3) is 0 Å². The van der Waals surface area contributed by atoms with Gasteiger partial charge in [-0.3, -0.25) is 9.69 Å². The molecule has 1 N–H and O–H groups in total. The van der Waals surface area contributed by atoms with Crippen LogP contribution in [0.4, 0.5) is 18.9 Å². The van der Waals surface area contributed by atoms with Crippen molar-refractivity contribution in [3.05, 3.63) is 29.3 Å². The van der Waals surface area contributed by atoms with E-state index in [0.29, 0.717) is 0 Å². The molecule has 1 aliphatic heterocycles. The average Bonchev–Trinajstić information content (AvgIpc) is 2.49. The highest BCUT2D eigenvalue weighted by atomic mass is 19.4. The van der Waals surface area contributed by atoms with E-state index in [-0.39, 0.29) is 23.7 Å². The Morgan fingerprint density at radius 2 is 1.79 bits per heavy atom. The second kappa shape index (κ2) is 7.98. The third-order valence-corrected chi connectivity index (χ3v) is 4.13. The summed E-state index contributed by atoms with van der Waals surface area (Å²) >= 11 is 0. The summed E-state index contributed by atoms with van der Waals surface area (Å²) in [5.41, 5.74) is -0.253. The summed E-state index contributed by atoms with van der Waals surface area (Å²) in [6, 6.07) is 4.01. The minimum atomic E-state index is -4.44. The zero-order chi connectivity index (χ0) is 17.7. The van der Waals surface area contributed by atoms with Gasteiger partial charge in [-0.05, 0) is 30.7 Å². The maximum Gasteiger partial charge on any atom is 0.416 e. The number of halogens is 3. The fourth-order valence-electron chi connectivity index (χ4n) is 2.99. The Hall–Kier alpha value is -1.60. The van der Waals surface area contributed by atoms with Crippen LogP contribution in [0.1, 0.15) is 31.4 Å². The van der Waals surface area contributed by atoms with Crippen molar-refractivity contribution < 1.29 is 18.0 Å². The summed E-state index contributed by atoms with van der Waals surface area (Å²) in [5.74, 6) is -0.386. The number of nitrogens with zero attached hydrogens (tertiary/aromatic N) is 2. The average molecular weight is 343 g/mol. The number of piperazine rings is 1. The quantitative estimate of drug-likeness (QED) is 0.892. The van der Waals surface area contributed by atoms with Crippen molar-refractivity contribution in [3.63, 3.8) is 0 Å². The second-order valence-electron chi connectivity index (χ2n) is 6.17. The van der Waals surface area contributed by atoms with Crippen LogP contribution in [0.2, 0.25) is 0 Å². The predicted molar refractivity (Wildman–Crippen MR) is 87.8 cm³/mol. The van der Waals surface area contributed by atoms with E-state index < -0.39 is 11.7 Å². The Morgan fingerprint density at radius 1 is 1.17 bits per heavy atom. The first-order valence-corrected chi connectivity index (χ1v) is 8.22. The van der Waals surface area contributed by atoms with Crippen LogP contribution < -0.4 is 5.32 Å². The molecule has 1 aromatic rings. The molecule has 1 aliphatic rings. The molecule has 0 aliphatic carbocycles. The molecule has 0 bridgehead atoms. The highest BCUT2D eigenvalue weighted by molar-refractivity contribution is 5.88. The van der Waals surface area contributed by atoms with Crippen molar-refractivity contribution in [2.45, 2.75) is 33.0 Å². The minimum Gasteiger partial charge on any atom is -0.326 e. The van der Waals surface area contributed by atoms with E-state index in [9.17, 15) is 18.0 Å². The van der Waals surface area contributed by atoms with E-state index in [2.05, 4.69) is 22.0 Å². The number of hydrogen-bond donors (Lipinski definition) is 1. The Morgan fingerprint density at radius 3 is 2.33 bits per heavy atom. The molecule has 0 aromatic heterocycles. The maximum absolute atomic E-state index is 13.3. The smallest absolute Gasteiger partial charge is 0.326 e. The number of hydrogen-bond acceptors (Lipinski definition) is 3. The first-order chi connectivity index (χ1) is 11.3. The van der Waals surface area contributed by atoms with Gasteiger partial charge < -0.3 is 10.2 Å². The maximum atomic E-state index is 13.3. The molecule has 0 atom stereocenters. The predicted octanol–water partition coefficient (Wildman–Crippen LogP) is 3.19. The fraction of sp³-hybridized carbons (Fsp3) is 0.588. The number of anilines is 1. The highest BCUT2D eigenvalue weighted by Crippen LogP contribution is 2.34. The molecule has 1 heterocycles. The van der Waals surface area contributed by atoms with Crippen LogP contribution in [0.25, 0.3) is 0 Å². The van der Waals surface area contributed by atoms with E-state index in [1.165, 1.54) is 19.1 Å². The van der Waals surface area contributed by atoms with Crippen molar-refractivity contribution in [2.75, 3.05) is 38.0 Å². The van der Waals surface area contributed by atoms with Crippen LogP contribution >= 0.6 is 0 Å². The molecule has 0 unspecified atom stereocenters. The van der Waals surface area contributed by atoms with E-state index >= 15 is 0 Å². The van der Waals surface area contributed by atoms with Crippen LogP contribution in [0, 0.1) is 0 Å². The molecule has 1 aromatic carbocycles. The van der Waals surface area contributed by atoms with Crippen molar-refractivity contribution in [2.24, 2.45) is 0 Å². The first kappa shape index (κ1) is 18.7. The van der Waals surface area contributed by atoms with Crippen molar-refractivity contribution in [1.29, 1.82) is 0 Å². The SMILES string of the molecule is CCCN1CCN(Cc2ccc(NC(C)=O)cc2C(F)(F)F)CC1. The molecule has 0 radical (unpaired) electrons. The normalized spacial score (nSPS) is 17.0. The molecule has 0 saturated carbocycles. The van der Waals surface area contributed by atoms with Gasteiger partial charge in [0.05, 0.1) is 5.56 Å². The van der Waals surface area contributed by atoms with Gasteiger partial charge in [-0.15, -0.1) is 0 Å². The summed E-state index contributed by atoms with van der Waals surface area (Å²) in [7, 11) is 0. The number of carbonyl (C=O) groups is 1. The lowest BCUT2D eigenvalue weighted by Gasteiger charge is -2.35. The van der Waals surface area contributed by atoms with Crippen molar-refractivity contribution >= 4 is 11.6 Å². The molecule has 1 saturated heterocycles. The van der Waals surface area contributed by atoms with Crippen LogP contribution in [0.3, 0.4) is 0 Å². The molecule has 2 rings (SSSR count). The van der Waals surface area contributed by atoms with Crippen LogP contribution in [-0.2, 0) is 17.5 Å². The largest absolute Gasteiger partial charge is 0.416 e. The van der Waals surface area contributed by atoms with Crippen LogP contribution in [0.5, 0.6) is 0 Å². The lowest BCUT2D eigenvalue weighted by atomic mass is 10.0. The summed E-state index contributed by atoms with van der Waals surface area (Å²) in [6.45, 7) is 8.02. The molecule has 24 heavy (non-hydrogen) atoms. The number of amides is 1. The third kappa shape index (κ3) is 5.21. The monoisotopic (exact) mass is 343 g/mol. The molecular formula is C17H24F3N3O. The number of nitrogens with one attached hydrogen (secondary N) is 1. The topological polar surface area (TPSA) is 35.6 Å². The van der Waals surface area contributed by atoms with E-state index in [1.807, 2.05) is 0 Å². The van der Waals surface area contributed by atoms with Gasteiger partial charge in [-0.1, -0.05) is 13.0 Å². The van der Waals surface area contributed by atoms with E-state index in [4.69, 9.17) is 0 Å². The van der Waals surface area contributed by atoms with E-state index in [1.54, 1.807) is 0 Å². The summed E-state index contributed by atoms with van der Waals surface area (Å²) in [5, 5.41) is 2.41. The fourth-order valence-corrected chi connectivity index (χ4v) is 2.99. The number of rotatable bonds is 5. The van der Waals surface area contributed by atoms with Gasteiger partial charge in [0.1, 0.15) is 0 Å². The lowest BCUT2D eigenvalue weighted by Crippen LogP contribution is -2.46. The first-order valence-electron chi connectivity index (χ1n) is 8.22. The zero-order valence-electron chi connectivity index (χ0n) is 14.1. The number of carbonyl (C=O) groups excluding carboxylic acids is 1. The zero-order valence-corrected chi connectivity index (χ0v) is 14.1. The molecule has 0 spiro atoms. The van der Waals surface area contributed by atoms with Crippen molar-refractivity contribution in [3.8, 4) is 0 Å².